The van der Waals surface area contributed by atoms with Crippen molar-refractivity contribution in [2.45, 2.75) is 45.4 Å². The lowest BCUT2D eigenvalue weighted by atomic mass is 9.96. The van der Waals surface area contributed by atoms with Crippen LogP contribution in [0.4, 0.5) is 4.79 Å². The molecule has 3 heteroatoms. The first kappa shape index (κ1) is 14.6. The summed E-state index contributed by atoms with van der Waals surface area (Å²) < 4.78 is 0. The lowest BCUT2D eigenvalue weighted by Gasteiger charge is -2.13. The van der Waals surface area contributed by atoms with Crippen LogP contribution in [0, 0.1) is 6.92 Å². The highest BCUT2D eigenvalue weighted by Gasteiger charge is 2.05. The van der Waals surface area contributed by atoms with E-state index in [0.717, 1.165) is 19.3 Å². The molecule has 1 fully saturated rings. The van der Waals surface area contributed by atoms with Crippen LogP contribution in [-0.2, 0) is 6.42 Å². The Morgan fingerprint density at radius 2 is 1.95 bits per heavy atom. The highest BCUT2D eigenvalue weighted by molar-refractivity contribution is 5.74. The third-order valence-electron chi connectivity index (χ3n) is 3.84. The third-order valence-corrected chi connectivity index (χ3v) is 3.84. The number of nitrogens with one attached hydrogen (secondary N) is 2. The summed E-state index contributed by atoms with van der Waals surface area (Å²) in [5.74, 6) is 0. The van der Waals surface area contributed by atoms with Crippen molar-refractivity contribution in [2.24, 2.45) is 0 Å². The number of rotatable bonds is 4. The van der Waals surface area contributed by atoms with Gasteiger partial charge in [0.25, 0.3) is 0 Å². The van der Waals surface area contributed by atoms with Crippen LogP contribution in [0.2, 0.25) is 0 Å². The van der Waals surface area contributed by atoms with Crippen molar-refractivity contribution in [3.63, 3.8) is 0 Å². The zero-order valence-electron chi connectivity index (χ0n) is 12.2. The molecule has 1 aliphatic carbocycles. The molecule has 2 N–H and O–H groups in total. The zero-order chi connectivity index (χ0) is 14.2. The summed E-state index contributed by atoms with van der Waals surface area (Å²) in [4.78, 5) is 11.7. The van der Waals surface area contributed by atoms with Crippen molar-refractivity contribution < 1.29 is 4.79 Å². The van der Waals surface area contributed by atoms with Crippen LogP contribution < -0.4 is 10.6 Å². The minimum absolute atomic E-state index is 0.100. The lowest BCUT2D eigenvalue weighted by molar-refractivity contribution is 0.244. The Hall–Kier alpha value is -1.77. The van der Waals surface area contributed by atoms with Crippen LogP contribution in [0.5, 0.6) is 0 Å². The summed E-state index contributed by atoms with van der Waals surface area (Å²) in [5, 5.41) is 5.74. The van der Waals surface area contributed by atoms with Gasteiger partial charge in [-0.3, -0.25) is 0 Å². The number of carbonyl (C=O) groups is 1. The monoisotopic (exact) mass is 272 g/mol. The number of allylic oxidation sites excluding steroid dienone is 1. The Morgan fingerprint density at radius 3 is 2.70 bits per heavy atom. The zero-order valence-corrected chi connectivity index (χ0v) is 12.2. The number of urea groups is 1. The number of hydrogen-bond acceptors (Lipinski definition) is 1. The van der Waals surface area contributed by atoms with Crippen LogP contribution in [0.25, 0.3) is 0 Å². The number of amides is 2. The van der Waals surface area contributed by atoms with Gasteiger partial charge in [0.05, 0.1) is 0 Å². The van der Waals surface area contributed by atoms with Crippen molar-refractivity contribution in [1.29, 1.82) is 0 Å². The molecule has 1 saturated carbocycles. The molecule has 0 spiro atoms. The minimum atomic E-state index is -0.100. The van der Waals surface area contributed by atoms with Gasteiger partial charge in [-0.05, 0) is 50.2 Å². The molecular weight excluding hydrogens is 248 g/mol. The maximum Gasteiger partial charge on any atom is 0.318 e. The van der Waals surface area contributed by atoms with Crippen LogP contribution in [0.1, 0.15) is 43.2 Å². The van der Waals surface area contributed by atoms with Gasteiger partial charge in [-0.1, -0.05) is 36.3 Å². The van der Waals surface area contributed by atoms with Crippen LogP contribution in [0.3, 0.4) is 0 Å². The summed E-state index contributed by atoms with van der Waals surface area (Å²) in [6.07, 6.45) is 8.84. The molecule has 1 aliphatic rings. The minimum Gasteiger partial charge on any atom is -0.338 e. The van der Waals surface area contributed by atoms with Gasteiger partial charge in [0.1, 0.15) is 0 Å². The largest absolute Gasteiger partial charge is 0.338 e. The predicted molar refractivity (Wildman–Crippen MR) is 82.6 cm³/mol. The van der Waals surface area contributed by atoms with Gasteiger partial charge in [-0.2, -0.15) is 0 Å². The van der Waals surface area contributed by atoms with Gasteiger partial charge in [-0.15, -0.1) is 0 Å². The Labute approximate surface area is 121 Å². The van der Waals surface area contributed by atoms with E-state index in [-0.39, 0.29) is 6.03 Å². The molecule has 0 aliphatic heterocycles. The van der Waals surface area contributed by atoms with E-state index in [1.54, 1.807) is 0 Å². The average Bonchev–Trinajstić information content (AvgIpc) is 2.48. The first-order valence-electron chi connectivity index (χ1n) is 7.52. The van der Waals surface area contributed by atoms with Crippen molar-refractivity contribution in [2.75, 3.05) is 6.54 Å². The van der Waals surface area contributed by atoms with Crippen LogP contribution >= 0.6 is 0 Å². The van der Waals surface area contributed by atoms with Gasteiger partial charge < -0.3 is 10.6 Å². The van der Waals surface area contributed by atoms with E-state index < -0.39 is 0 Å². The molecule has 0 saturated heterocycles. The summed E-state index contributed by atoms with van der Waals surface area (Å²) in [7, 11) is 0. The number of benzene rings is 1. The van der Waals surface area contributed by atoms with Crippen molar-refractivity contribution in [3.8, 4) is 0 Å². The maximum absolute atomic E-state index is 11.7. The number of aryl methyl sites for hydroxylation is 1. The highest BCUT2D eigenvalue weighted by atomic mass is 16.2. The normalized spacial score (nSPS) is 14.8. The second kappa shape index (κ2) is 7.73. The van der Waals surface area contributed by atoms with Crippen molar-refractivity contribution >= 4 is 6.03 Å². The molecule has 1 aromatic rings. The molecule has 2 amide bonds. The van der Waals surface area contributed by atoms with E-state index in [1.165, 1.54) is 36.0 Å². The van der Waals surface area contributed by atoms with Crippen LogP contribution in [-0.4, -0.2) is 12.6 Å². The molecule has 2 rings (SSSR count). The summed E-state index contributed by atoms with van der Waals surface area (Å²) in [6, 6.07) is 8.18. The second-order valence-electron chi connectivity index (χ2n) is 5.44. The van der Waals surface area contributed by atoms with E-state index in [0.29, 0.717) is 6.54 Å². The fraction of sp³-hybridized carbons (Fsp3) is 0.471. The molecule has 1 aromatic carbocycles. The first-order chi connectivity index (χ1) is 9.75. The van der Waals surface area contributed by atoms with Gasteiger partial charge in [-0.25, -0.2) is 4.79 Å². The summed E-state index contributed by atoms with van der Waals surface area (Å²) in [6.45, 7) is 2.77. The standard InChI is InChI=1S/C17H24N2O/c1-14-7-5-6-10-16(14)11-12-18-17(20)19-13-15-8-3-2-4-9-15/h5-7,10,13H,2-4,8-9,11-12H2,1H3,(H2,18,19,20). The molecule has 0 bridgehead atoms. The molecule has 0 unspecified atom stereocenters. The molecule has 0 heterocycles. The Balaban J connectivity index is 1.69. The highest BCUT2D eigenvalue weighted by Crippen LogP contribution is 2.21. The molecular formula is C17H24N2O. The maximum atomic E-state index is 11.7. The number of hydrogen-bond donors (Lipinski definition) is 2. The summed E-state index contributed by atoms with van der Waals surface area (Å²) in [5.41, 5.74) is 3.93. The van der Waals surface area contributed by atoms with E-state index in [1.807, 2.05) is 18.3 Å². The SMILES string of the molecule is Cc1ccccc1CCNC(=O)NC=C1CCCCC1. The quantitative estimate of drug-likeness (QED) is 0.862. The molecule has 0 radical (unpaired) electrons. The van der Waals surface area contributed by atoms with Gasteiger partial charge in [0, 0.05) is 12.7 Å². The number of carbonyl (C=O) groups excluding carboxylic acids is 1. The lowest BCUT2D eigenvalue weighted by Crippen LogP contribution is -2.34. The topological polar surface area (TPSA) is 41.1 Å². The fourth-order valence-corrected chi connectivity index (χ4v) is 2.57. The Bertz CT molecular complexity index is 472. The average molecular weight is 272 g/mol. The fourth-order valence-electron chi connectivity index (χ4n) is 2.57. The van der Waals surface area contributed by atoms with Crippen molar-refractivity contribution in [1.82, 2.24) is 10.6 Å². The van der Waals surface area contributed by atoms with E-state index in [4.69, 9.17) is 0 Å². The molecule has 20 heavy (non-hydrogen) atoms. The first-order valence-corrected chi connectivity index (χ1v) is 7.52. The van der Waals surface area contributed by atoms with Gasteiger partial charge in [0.15, 0.2) is 0 Å². The Morgan fingerprint density at radius 1 is 1.20 bits per heavy atom. The van der Waals surface area contributed by atoms with E-state index in [2.05, 4.69) is 29.7 Å². The van der Waals surface area contributed by atoms with E-state index in [9.17, 15) is 4.79 Å². The predicted octanol–water partition coefficient (Wildman–Crippen LogP) is 3.68. The third kappa shape index (κ3) is 4.72. The molecule has 3 nitrogen and oxygen atoms in total. The van der Waals surface area contributed by atoms with Gasteiger partial charge in [0.2, 0.25) is 0 Å². The van der Waals surface area contributed by atoms with Gasteiger partial charge >= 0.3 is 6.03 Å². The molecule has 108 valence electrons. The summed E-state index contributed by atoms with van der Waals surface area (Å²) >= 11 is 0. The van der Waals surface area contributed by atoms with Crippen LogP contribution in [0.15, 0.2) is 36.0 Å². The smallest absolute Gasteiger partial charge is 0.318 e. The Kier molecular flexibility index (Phi) is 5.66. The van der Waals surface area contributed by atoms with Crippen molar-refractivity contribution in [3.05, 3.63) is 47.2 Å². The molecule has 0 atom stereocenters. The van der Waals surface area contributed by atoms with E-state index >= 15 is 0 Å². The molecule has 0 aromatic heterocycles. The second-order valence-corrected chi connectivity index (χ2v) is 5.44.